The number of aromatic nitrogens is 1. The third kappa shape index (κ3) is 3.08. The Labute approximate surface area is 87.0 Å². The van der Waals surface area contributed by atoms with Crippen LogP contribution in [0, 0.1) is 6.92 Å². The number of thiazole rings is 1. The maximum Gasteiger partial charge on any atom is 0.320 e. The molecule has 2 N–H and O–H groups in total. The van der Waals surface area contributed by atoms with E-state index in [0.29, 0.717) is 13.0 Å². The van der Waals surface area contributed by atoms with Crippen molar-refractivity contribution in [2.45, 2.75) is 32.9 Å². The SMILES string of the molecule is CCC(NCc1nc(C)cs1)C(=O)O. The number of hydrogen-bond donors (Lipinski definition) is 2. The fraction of sp³-hybridized carbons (Fsp3) is 0.556. The Morgan fingerprint density at radius 2 is 2.50 bits per heavy atom. The van der Waals surface area contributed by atoms with Gasteiger partial charge in [0, 0.05) is 17.6 Å². The van der Waals surface area contributed by atoms with Gasteiger partial charge in [-0.25, -0.2) is 4.98 Å². The molecule has 0 amide bonds. The van der Waals surface area contributed by atoms with Gasteiger partial charge in [0.25, 0.3) is 0 Å². The number of carboxylic acid groups (broad SMARTS) is 1. The van der Waals surface area contributed by atoms with E-state index < -0.39 is 12.0 Å². The average Bonchev–Trinajstić information content (AvgIpc) is 2.52. The van der Waals surface area contributed by atoms with Crippen LogP contribution in [0.3, 0.4) is 0 Å². The van der Waals surface area contributed by atoms with E-state index in [1.165, 1.54) is 0 Å². The summed E-state index contributed by atoms with van der Waals surface area (Å²) in [4.78, 5) is 14.9. The molecule has 0 saturated carbocycles. The van der Waals surface area contributed by atoms with Crippen molar-refractivity contribution in [3.63, 3.8) is 0 Å². The Balaban J connectivity index is 2.43. The highest BCUT2D eigenvalue weighted by molar-refractivity contribution is 7.09. The van der Waals surface area contributed by atoms with Gasteiger partial charge in [-0.1, -0.05) is 6.92 Å². The van der Waals surface area contributed by atoms with Gasteiger partial charge in [0.15, 0.2) is 0 Å². The fourth-order valence-electron chi connectivity index (χ4n) is 1.10. The van der Waals surface area contributed by atoms with E-state index in [0.717, 1.165) is 10.7 Å². The molecule has 0 aliphatic heterocycles. The standard InChI is InChI=1S/C9H14N2O2S/c1-3-7(9(12)13)10-4-8-11-6(2)5-14-8/h5,7,10H,3-4H2,1-2H3,(H,12,13). The normalized spacial score (nSPS) is 12.7. The van der Waals surface area contributed by atoms with Gasteiger partial charge < -0.3 is 5.11 Å². The molecule has 1 aromatic rings. The Morgan fingerprint density at radius 3 is 2.93 bits per heavy atom. The summed E-state index contributed by atoms with van der Waals surface area (Å²) in [6, 6.07) is -0.473. The smallest absolute Gasteiger partial charge is 0.320 e. The zero-order valence-electron chi connectivity index (χ0n) is 8.28. The molecule has 0 spiro atoms. The maximum absolute atomic E-state index is 10.7. The second kappa shape index (κ2) is 5.07. The van der Waals surface area contributed by atoms with Crippen LogP contribution in [-0.4, -0.2) is 22.1 Å². The largest absolute Gasteiger partial charge is 0.480 e. The number of aryl methyl sites for hydroxylation is 1. The average molecular weight is 214 g/mol. The zero-order valence-corrected chi connectivity index (χ0v) is 9.10. The Kier molecular flexibility index (Phi) is 4.03. The molecular weight excluding hydrogens is 200 g/mol. The number of nitrogens with one attached hydrogen (secondary N) is 1. The van der Waals surface area contributed by atoms with Crippen molar-refractivity contribution in [1.29, 1.82) is 0 Å². The molecule has 5 heteroatoms. The van der Waals surface area contributed by atoms with E-state index in [2.05, 4.69) is 10.3 Å². The van der Waals surface area contributed by atoms with Gasteiger partial charge in [-0.05, 0) is 13.3 Å². The first-order chi connectivity index (χ1) is 6.63. The number of carbonyl (C=O) groups is 1. The molecule has 0 aliphatic carbocycles. The van der Waals surface area contributed by atoms with Gasteiger partial charge in [-0.3, -0.25) is 10.1 Å². The third-order valence-electron chi connectivity index (χ3n) is 1.87. The van der Waals surface area contributed by atoms with Gasteiger partial charge >= 0.3 is 5.97 Å². The first-order valence-corrected chi connectivity index (χ1v) is 5.38. The fourth-order valence-corrected chi connectivity index (χ4v) is 1.82. The van der Waals surface area contributed by atoms with Crippen molar-refractivity contribution in [2.24, 2.45) is 0 Å². The van der Waals surface area contributed by atoms with Crippen LogP contribution in [0.25, 0.3) is 0 Å². The van der Waals surface area contributed by atoms with Crippen molar-refractivity contribution >= 4 is 17.3 Å². The minimum absolute atomic E-state index is 0.473. The number of carboxylic acids is 1. The van der Waals surface area contributed by atoms with E-state index in [4.69, 9.17) is 5.11 Å². The summed E-state index contributed by atoms with van der Waals surface area (Å²) in [5.74, 6) is -0.805. The van der Waals surface area contributed by atoms with E-state index in [1.807, 2.05) is 19.2 Å². The van der Waals surface area contributed by atoms with E-state index in [1.54, 1.807) is 11.3 Å². The van der Waals surface area contributed by atoms with Gasteiger partial charge in [0.05, 0.1) is 0 Å². The summed E-state index contributed by atoms with van der Waals surface area (Å²) >= 11 is 1.55. The molecule has 4 nitrogen and oxygen atoms in total. The molecule has 0 bridgehead atoms. The van der Waals surface area contributed by atoms with Gasteiger partial charge in [0.2, 0.25) is 0 Å². The van der Waals surface area contributed by atoms with Crippen LogP contribution in [0.2, 0.25) is 0 Å². The van der Waals surface area contributed by atoms with Crippen LogP contribution in [-0.2, 0) is 11.3 Å². The summed E-state index contributed by atoms with van der Waals surface area (Å²) < 4.78 is 0. The molecule has 0 aromatic carbocycles. The topological polar surface area (TPSA) is 62.2 Å². The highest BCUT2D eigenvalue weighted by Gasteiger charge is 2.14. The first kappa shape index (κ1) is 11.1. The van der Waals surface area contributed by atoms with Crippen molar-refractivity contribution in [3.8, 4) is 0 Å². The van der Waals surface area contributed by atoms with Crippen LogP contribution in [0.15, 0.2) is 5.38 Å². The predicted octanol–water partition coefficient (Wildman–Crippen LogP) is 1.40. The summed E-state index contributed by atoms with van der Waals surface area (Å²) in [5, 5.41) is 14.6. The molecule has 0 radical (unpaired) electrons. The second-order valence-electron chi connectivity index (χ2n) is 3.06. The van der Waals surface area contributed by atoms with Crippen LogP contribution in [0.4, 0.5) is 0 Å². The molecule has 0 saturated heterocycles. The van der Waals surface area contributed by atoms with Crippen molar-refractivity contribution in [3.05, 3.63) is 16.1 Å². The monoisotopic (exact) mass is 214 g/mol. The van der Waals surface area contributed by atoms with Crippen molar-refractivity contribution in [1.82, 2.24) is 10.3 Å². The third-order valence-corrected chi connectivity index (χ3v) is 2.84. The molecule has 0 aliphatic rings. The van der Waals surface area contributed by atoms with Crippen molar-refractivity contribution in [2.75, 3.05) is 0 Å². The lowest BCUT2D eigenvalue weighted by Crippen LogP contribution is -2.35. The van der Waals surface area contributed by atoms with Gasteiger partial charge in [-0.2, -0.15) is 0 Å². The number of rotatable bonds is 5. The lowest BCUT2D eigenvalue weighted by Gasteiger charge is -2.09. The van der Waals surface area contributed by atoms with Crippen LogP contribution >= 0.6 is 11.3 Å². The van der Waals surface area contributed by atoms with E-state index >= 15 is 0 Å². The molecule has 1 heterocycles. The van der Waals surface area contributed by atoms with E-state index in [9.17, 15) is 4.79 Å². The predicted molar refractivity (Wildman–Crippen MR) is 55.4 cm³/mol. The summed E-state index contributed by atoms with van der Waals surface area (Å²) in [6.45, 7) is 4.30. The molecule has 1 unspecified atom stereocenters. The second-order valence-corrected chi connectivity index (χ2v) is 4.01. The molecule has 14 heavy (non-hydrogen) atoms. The van der Waals surface area contributed by atoms with Gasteiger partial charge in [-0.15, -0.1) is 11.3 Å². The number of aliphatic carboxylic acids is 1. The summed E-state index contributed by atoms with van der Waals surface area (Å²) in [5.41, 5.74) is 0.982. The lowest BCUT2D eigenvalue weighted by molar-refractivity contribution is -0.139. The molecule has 0 fully saturated rings. The number of hydrogen-bond acceptors (Lipinski definition) is 4. The molecule has 1 atom stereocenters. The van der Waals surface area contributed by atoms with Crippen LogP contribution in [0.1, 0.15) is 24.0 Å². The lowest BCUT2D eigenvalue weighted by atomic mass is 10.2. The first-order valence-electron chi connectivity index (χ1n) is 4.50. The summed E-state index contributed by atoms with van der Waals surface area (Å²) in [7, 11) is 0. The van der Waals surface area contributed by atoms with E-state index in [-0.39, 0.29) is 0 Å². The molecule has 1 rings (SSSR count). The van der Waals surface area contributed by atoms with Crippen molar-refractivity contribution < 1.29 is 9.90 Å². The Bertz CT molecular complexity index is 312. The highest BCUT2D eigenvalue weighted by atomic mass is 32.1. The van der Waals surface area contributed by atoms with Crippen LogP contribution < -0.4 is 5.32 Å². The Morgan fingerprint density at radius 1 is 1.79 bits per heavy atom. The van der Waals surface area contributed by atoms with Gasteiger partial charge in [0.1, 0.15) is 11.0 Å². The molecular formula is C9H14N2O2S. The summed E-state index contributed by atoms with van der Waals surface area (Å²) in [6.07, 6.45) is 0.583. The maximum atomic E-state index is 10.7. The quantitative estimate of drug-likeness (QED) is 0.777. The molecule has 78 valence electrons. The Hall–Kier alpha value is -0.940. The highest BCUT2D eigenvalue weighted by Crippen LogP contribution is 2.08. The zero-order chi connectivity index (χ0) is 10.6. The molecule has 1 aromatic heterocycles. The minimum Gasteiger partial charge on any atom is -0.480 e. The minimum atomic E-state index is -0.805. The number of nitrogens with zero attached hydrogens (tertiary/aromatic N) is 1. The van der Waals surface area contributed by atoms with Crippen LogP contribution in [0.5, 0.6) is 0 Å².